The van der Waals surface area contributed by atoms with Gasteiger partial charge in [0.05, 0.1) is 11.1 Å². The molecule has 0 saturated heterocycles. The molecular weight excluding hydrogens is 240 g/mol. The van der Waals surface area contributed by atoms with Crippen molar-refractivity contribution >= 4 is 45.7 Å². The molecule has 0 fully saturated rings. The predicted molar refractivity (Wildman–Crippen MR) is 66.8 cm³/mol. The van der Waals surface area contributed by atoms with Gasteiger partial charge in [0.1, 0.15) is 11.9 Å². The Balaban J connectivity index is 2.51. The third-order valence-corrected chi connectivity index (χ3v) is 3.44. The second-order valence-electron chi connectivity index (χ2n) is 2.98. The summed E-state index contributed by atoms with van der Waals surface area (Å²) in [5.41, 5.74) is 1.97. The lowest BCUT2D eigenvalue weighted by molar-refractivity contribution is 0.567. The second kappa shape index (κ2) is 4.88. The number of hydrogen-bond acceptors (Lipinski definition) is 4. The fourth-order valence-corrected chi connectivity index (χ4v) is 2.62. The fourth-order valence-electron chi connectivity index (χ4n) is 1.32. The van der Waals surface area contributed by atoms with Gasteiger partial charge in [0, 0.05) is 11.1 Å². The van der Waals surface area contributed by atoms with Crippen LogP contribution in [0.5, 0.6) is 0 Å². The molecule has 0 aliphatic rings. The van der Waals surface area contributed by atoms with Crippen molar-refractivity contribution in [2.75, 3.05) is 0 Å². The molecule has 2 nitrogen and oxygen atoms in total. The Morgan fingerprint density at radius 2 is 1.31 bits per heavy atom. The van der Waals surface area contributed by atoms with E-state index in [1.54, 1.807) is 12.1 Å². The van der Waals surface area contributed by atoms with Crippen LogP contribution >= 0.6 is 22.7 Å². The van der Waals surface area contributed by atoms with Crippen LogP contribution in [0.15, 0.2) is 33.7 Å². The number of thiophene rings is 2. The van der Waals surface area contributed by atoms with Crippen molar-refractivity contribution in [1.82, 2.24) is 0 Å². The molecule has 2 aromatic rings. The molecule has 0 N–H and O–H groups in total. The van der Waals surface area contributed by atoms with Gasteiger partial charge < -0.3 is 0 Å². The molecule has 2 aromatic heterocycles. The van der Waals surface area contributed by atoms with E-state index in [0.29, 0.717) is 11.1 Å². The van der Waals surface area contributed by atoms with E-state index in [9.17, 15) is 9.59 Å². The maximum absolute atomic E-state index is 10.9. The third-order valence-electron chi connectivity index (χ3n) is 2.07. The van der Waals surface area contributed by atoms with Gasteiger partial charge in [0.25, 0.3) is 0 Å². The van der Waals surface area contributed by atoms with Gasteiger partial charge in [-0.1, -0.05) is 0 Å². The van der Waals surface area contributed by atoms with Crippen molar-refractivity contribution in [2.45, 2.75) is 0 Å². The van der Waals surface area contributed by atoms with E-state index in [4.69, 9.17) is 0 Å². The van der Waals surface area contributed by atoms with E-state index < -0.39 is 0 Å². The molecule has 0 aliphatic carbocycles. The summed E-state index contributed by atoms with van der Waals surface area (Å²) in [5.74, 6) is 3.64. The van der Waals surface area contributed by atoms with E-state index in [2.05, 4.69) is 0 Å². The van der Waals surface area contributed by atoms with Crippen LogP contribution in [0.3, 0.4) is 0 Å². The highest BCUT2D eigenvalue weighted by Gasteiger charge is 2.13. The van der Waals surface area contributed by atoms with Crippen LogP contribution in [0.1, 0.15) is 11.1 Å². The Labute approximate surface area is 100 Å². The summed E-state index contributed by atoms with van der Waals surface area (Å²) >= 11 is 2.94. The first-order valence-corrected chi connectivity index (χ1v) is 6.31. The minimum atomic E-state index is 0.273. The topological polar surface area (TPSA) is 34.1 Å². The van der Waals surface area contributed by atoms with Crippen molar-refractivity contribution in [2.24, 2.45) is 0 Å². The Morgan fingerprint density at radius 1 is 0.875 bits per heavy atom. The number of hydrogen-bond donors (Lipinski definition) is 0. The number of carbonyl (C=O) groups excluding carboxylic acids is 2. The summed E-state index contributed by atoms with van der Waals surface area (Å²) in [6.07, 6.45) is 0. The Kier molecular flexibility index (Phi) is 3.30. The van der Waals surface area contributed by atoms with Gasteiger partial charge in [0.15, 0.2) is 0 Å². The average molecular weight is 246 g/mol. The molecule has 4 heteroatoms. The zero-order valence-electron chi connectivity index (χ0n) is 8.10. The van der Waals surface area contributed by atoms with Gasteiger partial charge in [-0.15, -0.1) is 0 Å². The summed E-state index contributed by atoms with van der Waals surface area (Å²) in [7, 11) is 0. The molecule has 16 heavy (non-hydrogen) atoms. The largest absolute Gasteiger partial charge is 0.233 e. The number of rotatable bonds is 3. The Bertz CT molecular complexity index is 512. The fraction of sp³-hybridized carbons (Fsp3) is 0. The Morgan fingerprint density at radius 3 is 1.56 bits per heavy atom. The van der Waals surface area contributed by atoms with Crippen LogP contribution in [-0.2, 0) is 9.59 Å². The quantitative estimate of drug-likeness (QED) is 0.616. The molecule has 0 amide bonds. The van der Waals surface area contributed by atoms with Crippen molar-refractivity contribution in [3.63, 3.8) is 0 Å². The lowest BCUT2D eigenvalue weighted by Crippen LogP contribution is -1.89. The van der Waals surface area contributed by atoms with Gasteiger partial charge in [-0.25, -0.2) is 9.59 Å². The maximum atomic E-state index is 10.9. The molecule has 0 unspecified atom stereocenters. The SMILES string of the molecule is O=C=C(C(=C=O)c1ccsc1)c1ccsc1. The molecule has 2 rings (SSSR count). The van der Waals surface area contributed by atoms with Gasteiger partial charge in [-0.3, -0.25) is 0 Å². The van der Waals surface area contributed by atoms with Gasteiger partial charge >= 0.3 is 0 Å². The minimum Gasteiger partial charge on any atom is -0.233 e. The average Bonchev–Trinajstić information content (AvgIpc) is 2.97. The van der Waals surface area contributed by atoms with E-state index in [1.807, 2.05) is 33.4 Å². The van der Waals surface area contributed by atoms with Gasteiger partial charge in [0.2, 0.25) is 0 Å². The monoisotopic (exact) mass is 246 g/mol. The van der Waals surface area contributed by atoms with Crippen molar-refractivity contribution in [3.05, 3.63) is 44.8 Å². The first-order valence-electron chi connectivity index (χ1n) is 4.42. The maximum Gasteiger partial charge on any atom is 0.134 e. The summed E-state index contributed by atoms with van der Waals surface area (Å²) in [6, 6.07) is 3.57. The molecule has 0 bridgehead atoms. The van der Waals surface area contributed by atoms with Crippen molar-refractivity contribution in [3.8, 4) is 0 Å². The van der Waals surface area contributed by atoms with Crippen LogP contribution in [-0.4, -0.2) is 11.9 Å². The highest BCUT2D eigenvalue weighted by molar-refractivity contribution is 7.08. The third kappa shape index (κ3) is 1.96. The second-order valence-corrected chi connectivity index (χ2v) is 4.54. The smallest absolute Gasteiger partial charge is 0.134 e. The van der Waals surface area contributed by atoms with Crippen LogP contribution in [0.2, 0.25) is 0 Å². The standard InChI is InChI=1S/C12H6O2S2/c13-5-11(9-1-3-15-7-9)12(6-14)10-2-4-16-8-10/h1-4,7-8H. The summed E-state index contributed by atoms with van der Waals surface area (Å²) in [5, 5.41) is 7.32. The zero-order valence-corrected chi connectivity index (χ0v) is 9.73. The molecule has 0 spiro atoms. The first-order chi connectivity index (χ1) is 7.86. The first kappa shape index (κ1) is 10.8. The molecular formula is C12H6O2S2. The Hall–Kier alpha value is -1.70. The molecule has 0 saturated carbocycles. The van der Waals surface area contributed by atoms with Crippen molar-refractivity contribution < 1.29 is 9.59 Å². The van der Waals surface area contributed by atoms with Gasteiger partial charge in [-0.2, -0.15) is 22.7 Å². The highest BCUT2D eigenvalue weighted by Crippen LogP contribution is 2.29. The normalized spacial score (nSPS) is 9.25. The molecule has 78 valence electrons. The van der Waals surface area contributed by atoms with Crippen molar-refractivity contribution in [1.29, 1.82) is 0 Å². The molecule has 0 aliphatic heterocycles. The molecule has 2 heterocycles. The molecule has 0 aromatic carbocycles. The summed E-state index contributed by atoms with van der Waals surface area (Å²) in [4.78, 5) is 21.9. The minimum absolute atomic E-state index is 0.273. The van der Waals surface area contributed by atoms with E-state index in [-0.39, 0.29) is 11.1 Å². The van der Waals surface area contributed by atoms with Crippen LogP contribution in [0.25, 0.3) is 11.1 Å². The van der Waals surface area contributed by atoms with Crippen LogP contribution < -0.4 is 0 Å². The highest BCUT2D eigenvalue weighted by atomic mass is 32.1. The predicted octanol–water partition coefficient (Wildman–Crippen LogP) is 2.94. The lowest BCUT2D eigenvalue weighted by Gasteiger charge is -2.00. The van der Waals surface area contributed by atoms with Crippen LogP contribution in [0.4, 0.5) is 0 Å². The van der Waals surface area contributed by atoms with Crippen LogP contribution in [0, 0.1) is 0 Å². The molecule has 0 radical (unpaired) electrons. The summed E-state index contributed by atoms with van der Waals surface area (Å²) < 4.78 is 0. The van der Waals surface area contributed by atoms with E-state index in [1.165, 1.54) is 22.7 Å². The van der Waals surface area contributed by atoms with E-state index in [0.717, 1.165) is 0 Å². The lowest BCUT2D eigenvalue weighted by atomic mass is 9.99. The number of allylic oxidation sites excluding steroid dienone is 2. The zero-order chi connectivity index (χ0) is 11.4. The van der Waals surface area contributed by atoms with Gasteiger partial charge in [-0.05, 0) is 33.7 Å². The molecule has 0 atom stereocenters. The summed E-state index contributed by atoms with van der Waals surface area (Å²) in [6.45, 7) is 0. The van der Waals surface area contributed by atoms with E-state index >= 15 is 0 Å².